The van der Waals surface area contributed by atoms with Crippen LogP contribution >= 0.6 is 0 Å². The Morgan fingerprint density at radius 1 is 1.14 bits per heavy atom. The number of benzene rings is 1. The van der Waals surface area contributed by atoms with E-state index in [9.17, 15) is 8.42 Å². The molecule has 0 aliphatic carbocycles. The van der Waals surface area contributed by atoms with E-state index in [-0.39, 0.29) is 6.04 Å². The molecule has 0 N–H and O–H groups in total. The van der Waals surface area contributed by atoms with E-state index in [2.05, 4.69) is 4.98 Å². The molecule has 112 valence electrons. The van der Waals surface area contributed by atoms with Gasteiger partial charge >= 0.3 is 0 Å². The zero-order chi connectivity index (χ0) is 15.6. The highest BCUT2D eigenvalue weighted by molar-refractivity contribution is 7.89. The highest BCUT2D eigenvalue weighted by atomic mass is 32.2. The molecule has 0 bridgehead atoms. The minimum Gasteiger partial charge on any atom is -0.260 e. The van der Waals surface area contributed by atoms with Crippen molar-refractivity contribution in [2.24, 2.45) is 0 Å². The summed E-state index contributed by atoms with van der Waals surface area (Å²) in [6, 6.07) is 10.5. The predicted molar refractivity (Wildman–Crippen MR) is 83.5 cm³/mol. The lowest BCUT2D eigenvalue weighted by molar-refractivity contribution is 0.391. The third-order valence-corrected chi connectivity index (χ3v) is 5.74. The monoisotopic (exact) mass is 304 g/mol. The number of nitrogens with zero attached hydrogens (tertiary/aromatic N) is 2. The van der Waals surface area contributed by atoms with Crippen LogP contribution in [-0.2, 0) is 10.0 Å². The van der Waals surface area contributed by atoms with Gasteiger partial charge in [-0.1, -0.05) is 23.8 Å². The summed E-state index contributed by atoms with van der Waals surface area (Å²) in [5, 5.41) is 0. The molecule has 2 aromatic rings. The Morgan fingerprint density at radius 2 is 1.86 bits per heavy atom. The third kappa shape index (κ3) is 3.14. The molecule has 4 nitrogen and oxygen atoms in total. The molecule has 0 saturated heterocycles. The molecular weight excluding hydrogens is 284 g/mol. The highest BCUT2D eigenvalue weighted by Crippen LogP contribution is 2.26. The fourth-order valence-electron chi connectivity index (χ4n) is 2.26. The lowest BCUT2D eigenvalue weighted by atomic mass is 10.2. The van der Waals surface area contributed by atoms with E-state index in [4.69, 9.17) is 0 Å². The SMILES string of the molecule is Cc1ccc(S(=O)(=O)N(C)C(C)c2ccccn2)c(C)c1. The summed E-state index contributed by atoms with van der Waals surface area (Å²) < 4.78 is 26.9. The fraction of sp³-hybridized carbons (Fsp3) is 0.312. The minimum atomic E-state index is -3.54. The number of hydrogen-bond acceptors (Lipinski definition) is 3. The Morgan fingerprint density at radius 3 is 2.43 bits per heavy atom. The molecular formula is C16H20N2O2S. The van der Waals surface area contributed by atoms with E-state index in [1.807, 2.05) is 51.1 Å². The summed E-state index contributed by atoms with van der Waals surface area (Å²) in [7, 11) is -1.95. The maximum Gasteiger partial charge on any atom is 0.243 e. The lowest BCUT2D eigenvalue weighted by Crippen LogP contribution is -2.30. The molecule has 0 spiro atoms. The molecule has 0 amide bonds. The Hall–Kier alpha value is -1.72. The van der Waals surface area contributed by atoms with Gasteiger partial charge in [0.25, 0.3) is 0 Å². The molecule has 1 aromatic heterocycles. The molecule has 0 aliphatic rings. The summed E-state index contributed by atoms with van der Waals surface area (Å²) >= 11 is 0. The van der Waals surface area contributed by atoms with Gasteiger partial charge in [-0.2, -0.15) is 4.31 Å². The number of sulfonamides is 1. The normalized spacial score (nSPS) is 13.4. The lowest BCUT2D eigenvalue weighted by Gasteiger charge is -2.24. The van der Waals surface area contributed by atoms with Gasteiger partial charge in [-0.15, -0.1) is 0 Å². The van der Waals surface area contributed by atoms with Crippen molar-refractivity contribution in [2.75, 3.05) is 7.05 Å². The van der Waals surface area contributed by atoms with E-state index >= 15 is 0 Å². The molecule has 1 unspecified atom stereocenters. The van der Waals surface area contributed by atoms with Crippen molar-refractivity contribution in [3.8, 4) is 0 Å². The molecule has 1 atom stereocenters. The number of rotatable bonds is 4. The van der Waals surface area contributed by atoms with Crippen LogP contribution in [0.1, 0.15) is 29.8 Å². The zero-order valence-electron chi connectivity index (χ0n) is 12.7. The summed E-state index contributed by atoms with van der Waals surface area (Å²) in [6.07, 6.45) is 1.67. The molecule has 0 aliphatic heterocycles. The average Bonchev–Trinajstić information content (AvgIpc) is 2.46. The van der Waals surface area contributed by atoms with Crippen molar-refractivity contribution < 1.29 is 8.42 Å². The van der Waals surface area contributed by atoms with Gasteiger partial charge in [0.05, 0.1) is 16.6 Å². The average molecular weight is 304 g/mol. The van der Waals surface area contributed by atoms with Crippen LogP contribution in [-0.4, -0.2) is 24.8 Å². The number of aryl methyl sites for hydroxylation is 2. The fourth-order valence-corrected chi connectivity index (χ4v) is 3.80. The first-order chi connectivity index (χ1) is 9.84. The van der Waals surface area contributed by atoms with Gasteiger partial charge in [0.2, 0.25) is 10.0 Å². The van der Waals surface area contributed by atoms with Gasteiger partial charge in [-0.05, 0) is 44.5 Å². The van der Waals surface area contributed by atoms with Crippen LogP contribution in [0.25, 0.3) is 0 Å². The van der Waals surface area contributed by atoms with Gasteiger partial charge in [-0.3, -0.25) is 4.98 Å². The van der Waals surface area contributed by atoms with Crippen molar-refractivity contribution in [1.82, 2.24) is 9.29 Å². The van der Waals surface area contributed by atoms with Crippen LogP contribution < -0.4 is 0 Å². The summed E-state index contributed by atoms with van der Waals surface area (Å²) in [4.78, 5) is 4.58. The van der Waals surface area contributed by atoms with Crippen molar-refractivity contribution >= 4 is 10.0 Å². The second-order valence-corrected chi connectivity index (χ2v) is 7.19. The maximum atomic E-state index is 12.8. The Balaban J connectivity index is 2.39. The summed E-state index contributed by atoms with van der Waals surface area (Å²) in [5.74, 6) is 0. The van der Waals surface area contributed by atoms with E-state index in [1.165, 1.54) is 4.31 Å². The van der Waals surface area contributed by atoms with E-state index < -0.39 is 10.0 Å². The van der Waals surface area contributed by atoms with E-state index in [0.717, 1.165) is 16.8 Å². The van der Waals surface area contributed by atoms with Crippen LogP contribution in [0.15, 0.2) is 47.5 Å². The van der Waals surface area contributed by atoms with Gasteiger partial charge in [0.1, 0.15) is 0 Å². The largest absolute Gasteiger partial charge is 0.260 e. The summed E-state index contributed by atoms with van der Waals surface area (Å²) in [6.45, 7) is 5.60. The second-order valence-electron chi connectivity index (χ2n) is 5.22. The quantitative estimate of drug-likeness (QED) is 0.872. The maximum absolute atomic E-state index is 12.8. The first-order valence-electron chi connectivity index (χ1n) is 6.80. The second kappa shape index (κ2) is 5.95. The number of hydrogen-bond donors (Lipinski definition) is 0. The Labute approximate surface area is 126 Å². The molecule has 1 aromatic carbocycles. The first-order valence-corrected chi connectivity index (χ1v) is 8.24. The standard InChI is InChI=1S/C16H20N2O2S/c1-12-8-9-16(13(2)11-12)21(19,20)18(4)14(3)15-7-5-6-10-17-15/h5-11,14H,1-4H3. The minimum absolute atomic E-state index is 0.322. The van der Waals surface area contributed by atoms with Crippen LogP contribution in [0, 0.1) is 13.8 Å². The van der Waals surface area contributed by atoms with Crippen molar-refractivity contribution in [2.45, 2.75) is 31.7 Å². The van der Waals surface area contributed by atoms with Crippen molar-refractivity contribution in [1.29, 1.82) is 0 Å². The van der Waals surface area contributed by atoms with Gasteiger partial charge < -0.3 is 0 Å². The molecule has 2 rings (SSSR count). The molecule has 1 heterocycles. The Kier molecular flexibility index (Phi) is 4.44. The summed E-state index contributed by atoms with van der Waals surface area (Å²) in [5.41, 5.74) is 2.54. The Bertz CT molecular complexity index is 727. The highest BCUT2D eigenvalue weighted by Gasteiger charge is 2.28. The zero-order valence-corrected chi connectivity index (χ0v) is 13.6. The van der Waals surface area contributed by atoms with Crippen LogP contribution in [0.3, 0.4) is 0 Å². The molecule has 0 radical (unpaired) electrons. The topological polar surface area (TPSA) is 50.3 Å². The predicted octanol–water partition coefficient (Wildman–Crippen LogP) is 3.08. The van der Waals surface area contributed by atoms with E-state index in [1.54, 1.807) is 19.3 Å². The van der Waals surface area contributed by atoms with Crippen LogP contribution in [0.4, 0.5) is 0 Å². The first kappa shape index (κ1) is 15.7. The smallest absolute Gasteiger partial charge is 0.243 e. The number of pyridine rings is 1. The van der Waals surface area contributed by atoms with Gasteiger partial charge in [0, 0.05) is 13.2 Å². The number of aromatic nitrogens is 1. The van der Waals surface area contributed by atoms with Crippen LogP contribution in [0.5, 0.6) is 0 Å². The molecule has 5 heteroatoms. The van der Waals surface area contributed by atoms with Gasteiger partial charge in [0.15, 0.2) is 0 Å². The molecule has 0 saturated carbocycles. The molecule has 21 heavy (non-hydrogen) atoms. The third-order valence-electron chi connectivity index (χ3n) is 3.65. The van der Waals surface area contributed by atoms with Crippen molar-refractivity contribution in [3.63, 3.8) is 0 Å². The van der Waals surface area contributed by atoms with Gasteiger partial charge in [-0.25, -0.2) is 8.42 Å². The van der Waals surface area contributed by atoms with E-state index in [0.29, 0.717) is 4.90 Å². The van der Waals surface area contributed by atoms with Crippen molar-refractivity contribution in [3.05, 3.63) is 59.4 Å². The molecule has 0 fully saturated rings. The van der Waals surface area contributed by atoms with Crippen LogP contribution in [0.2, 0.25) is 0 Å².